The summed E-state index contributed by atoms with van der Waals surface area (Å²) >= 11 is 0. The van der Waals surface area contributed by atoms with E-state index >= 15 is 0 Å². The second-order valence-electron chi connectivity index (χ2n) is 4.67. The lowest BCUT2D eigenvalue weighted by atomic mass is 9.94. The zero-order valence-corrected chi connectivity index (χ0v) is 12.6. The van der Waals surface area contributed by atoms with Crippen molar-refractivity contribution < 1.29 is 19.1 Å². The molecule has 0 N–H and O–H groups in total. The molecule has 1 heterocycles. The van der Waals surface area contributed by atoms with E-state index in [1.54, 1.807) is 13.1 Å². The predicted molar refractivity (Wildman–Crippen MR) is 82.7 cm³/mol. The molecule has 0 unspecified atom stereocenters. The third-order valence-corrected chi connectivity index (χ3v) is 2.91. The molecule has 1 aliphatic carbocycles. The first-order valence-electron chi connectivity index (χ1n) is 6.69. The van der Waals surface area contributed by atoms with Gasteiger partial charge in [0.15, 0.2) is 0 Å². The van der Waals surface area contributed by atoms with Crippen LogP contribution >= 0.6 is 0 Å². The molecule has 1 aromatic heterocycles. The average Bonchev–Trinajstić information content (AvgIpc) is 3.04. The Kier molecular flexibility index (Phi) is 5.45. The van der Waals surface area contributed by atoms with Crippen molar-refractivity contribution in [2.45, 2.75) is 6.42 Å². The van der Waals surface area contributed by atoms with Crippen LogP contribution in [0, 0.1) is 0 Å². The van der Waals surface area contributed by atoms with Gasteiger partial charge in [0.25, 0.3) is 0 Å². The first-order chi connectivity index (χ1) is 11.1. The van der Waals surface area contributed by atoms with E-state index in [4.69, 9.17) is 9.47 Å². The van der Waals surface area contributed by atoms with Crippen LogP contribution in [0.4, 0.5) is 9.59 Å². The molecule has 1 aromatic rings. The van der Waals surface area contributed by atoms with Crippen molar-refractivity contribution in [3.63, 3.8) is 0 Å². The van der Waals surface area contributed by atoms with Crippen LogP contribution in [0.2, 0.25) is 0 Å². The van der Waals surface area contributed by atoms with Crippen LogP contribution in [0.1, 0.15) is 6.42 Å². The second kappa shape index (κ2) is 7.74. The molecule has 0 radical (unpaired) electrons. The minimum absolute atomic E-state index is 0.190. The molecule has 120 valence electrons. The molecule has 8 nitrogen and oxygen atoms in total. The molecular weight excluding hydrogens is 300 g/mol. The standard InChI is InChI=1S/C15H16N4O4/c1-16-3-5-18(2)14(20)22-9-12-7-13(8-12)10-23-15(21)19-6-4-17-11-19/h3-7,9,11H,1,8,10H2,2H3/b5-3-,12-9-. The van der Waals surface area contributed by atoms with Gasteiger partial charge in [-0.05, 0) is 17.9 Å². The summed E-state index contributed by atoms with van der Waals surface area (Å²) < 4.78 is 11.3. The van der Waals surface area contributed by atoms with Gasteiger partial charge in [-0.15, -0.1) is 0 Å². The Morgan fingerprint density at radius 1 is 1.57 bits per heavy atom. The van der Waals surface area contributed by atoms with Crippen molar-refractivity contribution in [1.29, 1.82) is 0 Å². The van der Waals surface area contributed by atoms with Crippen LogP contribution in [0.5, 0.6) is 0 Å². The number of nitrogens with zero attached hydrogens (tertiary/aromatic N) is 4. The van der Waals surface area contributed by atoms with Gasteiger partial charge in [0.2, 0.25) is 0 Å². The van der Waals surface area contributed by atoms with Crippen LogP contribution in [0.3, 0.4) is 0 Å². The number of imidazole rings is 1. The van der Waals surface area contributed by atoms with E-state index in [1.165, 1.54) is 46.9 Å². The normalized spacial score (nSPS) is 15.0. The number of hydrogen-bond donors (Lipinski definition) is 0. The van der Waals surface area contributed by atoms with Gasteiger partial charge in [-0.25, -0.2) is 19.1 Å². The van der Waals surface area contributed by atoms with Crippen LogP contribution in [0.25, 0.3) is 0 Å². The smallest absolute Gasteiger partial charge is 0.419 e. The highest BCUT2D eigenvalue weighted by Crippen LogP contribution is 2.25. The summed E-state index contributed by atoms with van der Waals surface area (Å²) in [6.07, 6.45) is 9.93. The molecule has 0 atom stereocenters. The molecule has 8 heteroatoms. The number of allylic oxidation sites excluding steroid dienone is 2. The SMILES string of the molecule is C=N/C=C\N(C)C(=O)O/C=C1/C=C(COC(=O)n2ccnc2)C1. The lowest BCUT2D eigenvalue weighted by molar-refractivity contribution is 0.156. The summed E-state index contributed by atoms with van der Waals surface area (Å²) in [6, 6.07) is 0. The third kappa shape index (κ3) is 4.67. The van der Waals surface area contributed by atoms with Gasteiger partial charge in [0.1, 0.15) is 12.9 Å². The van der Waals surface area contributed by atoms with Crippen molar-refractivity contribution in [1.82, 2.24) is 14.5 Å². The van der Waals surface area contributed by atoms with Crippen molar-refractivity contribution in [2.75, 3.05) is 13.7 Å². The summed E-state index contributed by atoms with van der Waals surface area (Å²) in [6.45, 7) is 3.46. The Balaban J connectivity index is 1.74. The van der Waals surface area contributed by atoms with Gasteiger partial charge >= 0.3 is 12.2 Å². The van der Waals surface area contributed by atoms with Crippen molar-refractivity contribution in [3.8, 4) is 0 Å². The number of carbonyl (C=O) groups is 2. The molecule has 0 fully saturated rings. The topological polar surface area (TPSA) is 86.0 Å². The number of carbonyl (C=O) groups excluding carboxylic acids is 2. The fourth-order valence-corrected chi connectivity index (χ4v) is 1.68. The second-order valence-corrected chi connectivity index (χ2v) is 4.67. The first-order valence-corrected chi connectivity index (χ1v) is 6.69. The lowest BCUT2D eigenvalue weighted by Gasteiger charge is -2.18. The van der Waals surface area contributed by atoms with E-state index in [1.807, 2.05) is 0 Å². The van der Waals surface area contributed by atoms with Gasteiger partial charge in [-0.2, -0.15) is 0 Å². The third-order valence-electron chi connectivity index (χ3n) is 2.91. The van der Waals surface area contributed by atoms with Crippen LogP contribution in [-0.4, -0.2) is 47.0 Å². The summed E-state index contributed by atoms with van der Waals surface area (Å²) in [5.41, 5.74) is 1.77. The molecule has 0 bridgehead atoms. The van der Waals surface area contributed by atoms with Crippen LogP contribution < -0.4 is 0 Å². The fourth-order valence-electron chi connectivity index (χ4n) is 1.68. The van der Waals surface area contributed by atoms with Gasteiger partial charge in [0, 0.05) is 38.3 Å². The maximum atomic E-state index is 11.6. The summed E-state index contributed by atoms with van der Waals surface area (Å²) in [4.78, 5) is 31.6. The molecule has 2 rings (SSSR count). The number of ether oxygens (including phenoxy) is 2. The molecule has 0 saturated carbocycles. The maximum absolute atomic E-state index is 11.6. The average molecular weight is 316 g/mol. The molecule has 0 aromatic carbocycles. The number of amides is 1. The van der Waals surface area contributed by atoms with E-state index in [2.05, 4.69) is 16.7 Å². The summed E-state index contributed by atoms with van der Waals surface area (Å²) in [5, 5.41) is 0. The minimum atomic E-state index is -0.536. The lowest BCUT2D eigenvalue weighted by Crippen LogP contribution is -2.20. The van der Waals surface area contributed by atoms with E-state index in [0.29, 0.717) is 6.42 Å². The molecular formula is C15H16N4O4. The molecule has 0 saturated heterocycles. The molecule has 0 spiro atoms. The Hall–Kier alpha value is -3.16. The van der Waals surface area contributed by atoms with Gasteiger partial charge in [0.05, 0.1) is 6.26 Å². The Morgan fingerprint density at radius 2 is 2.35 bits per heavy atom. The molecule has 1 amide bonds. The highest BCUT2D eigenvalue weighted by molar-refractivity contribution is 5.70. The van der Waals surface area contributed by atoms with E-state index in [9.17, 15) is 9.59 Å². The quantitative estimate of drug-likeness (QED) is 0.614. The highest BCUT2D eigenvalue weighted by Gasteiger charge is 2.16. The predicted octanol–water partition coefficient (Wildman–Crippen LogP) is 2.32. The van der Waals surface area contributed by atoms with Gasteiger partial charge < -0.3 is 9.47 Å². The maximum Gasteiger partial charge on any atom is 0.419 e. The van der Waals surface area contributed by atoms with Crippen molar-refractivity contribution >= 4 is 18.9 Å². The van der Waals surface area contributed by atoms with Crippen LogP contribution in [0.15, 0.2) is 59.6 Å². The number of aliphatic imine (C=N–C) groups is 1. The molecule has 23 heavy (non-hydrogen) atoms. The van der Waals surface area contributed by atoms with Crippen LogP contribution in [-0.2, 0) is 9.47 Å². The Labute approximate surface area is 133 Å². The van der Waals surface area contributed by atoms with E-state index in [-0.39, 0.29) is 6.61 Å². The van der Waals surface area contributed by atoms with Gasteiger partial charge in [-0.1, -0.05) is 6.08 Å². The van der Waals surface area contributed by atoms with E-state index < -0.39 is 12.2 Å². The van der Waals surface area contributed by atoms with Gasteiger partial charge in [-0.3, -0.25) is 9.89 Å². The largest absolute Gasteiger partial charge is 0.444 e. The van der Waals surface area contributed by atoms with Crippen molar-refractivity contribution in [2.24, 2.45) is 4.99 Å². The van der Waals surface area contributed by atoms with Crippen molar-refractivity contribution in [3.05, 3.63) is 54.6 Å². The number of hydrogen-bond acceptors (Lipinski definition) is 6. The molecule has 0 aliphatic heterocycles. The summed E-state index contributed by atoms with van der Waals surface area (Å²) in [5.74, 6) is 0. The Bertz CT molecular complexity index is 674. The van der Waals surface area contributed by atoms with E-state index in [0.717, 1.165) is 11.1 Å². The monoisotopic (exact) mass is 316 g/mol. The fraction of sp³-hybridized carbons (Fsp3) is 0.200. The zero-order valence-electron chi connectivity index (χ0n) is 12.6. The minimum Gasteiger partial charge on any atom is -0.444 e. The molecule has 1 aliphatic rings. The summed E-state index contributed by atoms with van der Waals surface area (Å²) in [7, 11) is 1.54. The first kappa shape index (κ1) is 16.2. The number of rotatable bonds is 5. The zero-order chi connectivity index (χ0) is 16.7. The highest BCUT2D eigenvalue weighted by atomic mass is 16.6. The Morgan fingerprint density at radius 3 is 3.00 bits per heavy atom. The number of aromatic nitrogens is 2.